The standard InChI is InChI=1S/C13H20ClN3O/c1-3-12(8-13(15)16-18)17(2)9-10-5-4-6-11(14)7-10/h4-7,12,18H,3,8-9H2,1-2H3,(H2,15,16). The van der Waals surface area contributed by atoms with Gasteiger partial charge in [0, 0.05) is 24.0 Å². The van der Waals surface area contributed by atoms with Crippen LogP contribution in [0.2, 0.25) is 5.02 Å². The Morgan fingerprint density at radius 2 is 2.28 bits per heavy atom. The second-order valence-electron chi connectivity index (χ2n) is 4.40. The molecule has 0 aromatic heterocycles. The van der Waals surface area contributed by atoms with Crippen molar-refractivity contribution in [2.24, 2.45) is 10.9 Å². The van der Waals surface area contributed by atoms with E-state index in [1.807, 2.05) is 31.3 Å². The maximum Gasteiger partial charge on any atom is 0.140 e. The van der Waals surface area contributed by atoms with Crippen molar-refractivity contribution >= 4 is 17.4 Å². The van der Waals surface area contributed by atoms with Crippen molar-refractivity contribution in [3.63, 3.8) is 0 Å². The Balaban J connectivity index is 2.64. The normalized spacial score (nSPS) is 13.9. The summed E-state index contributed by atoms with van der Waals surface area (Å²) in [5, 5.41) is 12.4. The zero-order valence-electron chi connectivity index (χ0n) is 10.8. The van der Waals surface area contributed by atoms with Gasteiger partial charge in [-0.2, -0.15) is 0 Å². The Bertz CT molecular complexity index is 409. The highest BCUT2D eigenvalue weighted by molar-refractivity contribution is 6.30. The van der Waals surface area contributed by atoms with Crippen LogP contribution in [0.15, 0.2) is 29.4 Å². The maximum absolute atomic E-state index is 8.61. The number of nitrogens with zero attached hydrogens (tertiary/aromatic N) is 2. The highest BCUT2D eigenvalue weighted by Crippen LogP contribution is 2.15. The van der Waals surface area contributed by atoms with Gasteiger partial charge in [-0.25, -0.2) is 0 Å². The molecule has 5 heteroatoms. The van der Waals surface area contributed by atoms with Crippen LogP contribution in [0.4, 0.5) is 0 Å². The third-order valence-electron chi connectivity index (χ3n) is 2.99. The van der Waals surface area contributed by atoms with Gasteiger partial charge >= 0.3 is 0 Å². The van der Waals surface area contributed by atoms with Crippen molar-refractivity contribution < 1.29 is 5.21 Å². The fourth-order valence-corrected chi connectivity index (χ4v) is 2.16. The van der Waals surface area contributed by atoms with Crippen LogP contribution >= 0.6 is 11.6 Å². The molecular weight excluding hydrogens is 250 g/mol. The highest BCUT2D eigenvalue weighted by atomic mass is 35.5. The number of hydrogen-bond acceptors (Lipinski definition) is 3. The van der Waals surface area contributed by atoms with E-state index in [1.54, 1.807) is 0 Å². The second-order valence-corrected chi connectivity index (χ2v) is 4.84. The summed E-state index contributed by atoms with van der Waals surface area (Å²) in [5.74, 6) is 0.264. The van der Waals surface area contributed by atoms with Crippen molar-refractivity contribution in [1.29, 1.82) is 0 Å². The van der Waals surface area contributed by atoms with Gasteiger partial charge in [0.05, 0.1) is 0 Å². The molecule has 0 saturated heterocycles. The lowest BCUT2D eigenvalue weighted by atomic mass is 10.1. The maximum atomic E-state index is 8.61. The van der Waals surface area contributed by atoms with Crippen molar-refractivity contribution in [1.82, 2.24) is 4.90 Å². The molecule has 0 spiro atoms. The molecule has 18 heavy (non-hydrogen) atoms. The van der Waals surface area contributed by atoms with Crippen LogP contribution in [0.3, 0.4) is 0 Å². The van der Waals surface area contributed by atoms with Crippen LogP contribution in [0.1, 0.15) is 25.3 Å². The molecule has 0 amide bonds. The monoisotopic (exact) mass is 269 g/mol. The molecule has 1 rings (SSSR count). The number of hydrogen-bond donors (Lipinski definition) is 2. The summed E-state index contributed by atoms with van der Waals surface area (Å²) >= 11 is 5.96. The summed E-state index contributed by atoms with van der Waals surface area (Å²) in [4.78, 5) is 2.18. The van der Waals surface area contributed by atoms with Gasteiger partial charge in [0.25, 0.3) is 0 Å². The van der Waals surface area contributed by atoms with Gasteiger partial charge in [0.1, 0.15) is 5.84 Å². The highest BCUT2D eigenvalue weighted by Gasteiger charge is 2.15. The predicted octanol–water partition coefficient (Wildman–Crippen LogP) is 2.69. The number of amidine groups is 1. The van der Waals surface area contributed by atoms with E-state index in [2.05, 4.69) is 17.0 Å². The molecule has 0 radical (unpaired) electrons. The summed E-state index contributed by atoms with van der Waals surface area (Å²) in [5.41, 5.74) is 6.71. The molecule has 1 unspecified atom stereocenters. The van der Waals surface area contributed by atoms with Crippen molar-refractivity contribution in [3.8, 4) is 0 Å². The summed E-state index contributed by atoms with van der Waals surface area (Å²) in [6.07, 6.45) is 1.50. The van der Waals surface area contributed by atoms with Crippen molar-refractivity contribution in [2.45, 2.75) is 32.4 Å². The fraction of sp³-hybridized carbons (Fsp3) is 0.462. The number of nitrogens with two attached hydrogens (primary N) is 1. The van der Waals surface area contributed by atoms with E-state index in [0.717, 1.165) is 23.6 Å². The molecule has 1 aromatic carbocycles. The van der Waals surface area contributed by atoms with E-state index in [0.29, 0.717) is 6.42 Å². The van der Waals surface area contributed by atoms with E-state index >= 15 is 0 Å². The third-order valence-corrected chi connectivity index (χ3v) is 3.22. The molecule has 0 heterocycles. The van der Waals surface area contributed by atoms with Crippen LogP contribution in [0.5, 0.6) is 0 Å². The topological polar surface area (TPSA) is 61.9 Å². The molecule has 3 N–H and O–H groups in total. The van der Waals surface area contributed by atoms with E-state index in [-0.39, 0.29) is 11.9 Å². The van der Waals surface area contributed by atoms with Gasteiger partial charge in [-0.3, -0.25) is 4.90 Å². The van der Waals surface area contributed by atoms with Gasteiger partial charge in [-0.1, -0.05) is 35.8 Å². The SMILES string of the molecule is CCC(CC(N)=NO)N(C)Cc1cccc(Cl)c1. The van der Waals surface area contributed by atoms with E-state index < -0.39 is 0 Å². The molecule has 4 nitrogen and oxygen atoms in total. The molecule has 0 aliphatic rings. The number of rotatable bonds is 6. The lowest BCUT2D eigenvalue weighted by Crippen LogP contribution is -2.34. The smallest absolute Gasteiger partial charge is 0.140 e. The zero-order chi connectivity index (χ0) is 13.5. The van der Waals surface area contributed by atoms with Crippen LogP contribution < -0.4 is 5.73 Å². The Morgan fingerprint density at radius 3 is 2.83 bits per heavy atom. The molecule has 1 atom stereocenters. The molecule has 100 valence electrons. The van der Waals surface area contributed by atoms with Gasteiger partial charge in [0.15, 0.2) is 0 Å². The average Bonchev–Trinajstić information content (AvgIpc) is 2.35. The summed E-state index contributed by atoms with van der Waals surface area (Å²) in [7, 11) is 2.03. The molecular formula is C13H20ClN3O. The minimum Gasteiger partial charge on any atom is -0.409 e. The van der Waals surface area contributed by atoms with Crippen LogP contribution in [0, 0.1) is 0 Å². The minimum absolute atomic E-state index is 0.250. The summed E-state index contributed by atoms with van der Waals surface area (Å²) in [6, 6.07) is 8.04. The largest absolute Gasteiger partial charge is 0.409 e. The predicted molar refractivity (Wildman–Crippen MR) is 75.0 cm³/mol. The molecule has 0 aliphatic carbocycles. The first-order valence-electron chi connectivity index (χ1n) is 5.97. The van der Waals surface area contributed by atoms with E-state index in [9.17, 15) is 0 Å². The lowest BCUT2D eigenvalue weighted by molar-refractivity contribution is 0.230. The Labute approximate surface area is 113 Å². The Morgan fingerprint density at radius 1 is 1.56 bits per heavy atom. The quantitative estimate of drug-likeness (QED) is 0.361. The van der Waals surface area contributed by atoms with Gasteiger partial charge in [-0.05, 0) is 31.2 Å². The molecule has 1 aromatic rings. The van der Waals surface area contributed by atoms with Crippen LogP contribution in [-0.4, -0.2) is 29.0 Å². The lowest BCUT2D eigenvalue weighted by Gasteiger charge is -2.26. The zero-order valence-corrected chi connectivity index (χ0v) is 11.6. The van der Waals surface area contributed by atoms with E-state index in [4.69, 9.17) is 22.5 Å². The Hall–Kier alpha value is -1.26. The summed E-state index contributed by atoms with van der Waals surface area (Å²) < 4.78 is 0. The average molecular weight is 270 g/mol. The number of oxime groups is 1. The van der Waals surface area contributed by atoms with Crippen molar-refractivity contribution in [2.75, 3.05) is 7.05 Å². The third kappa shape index (κ3) is 4.55. The first-order chi connectivity index (χ1) is 8.56. The van der Waals surface area contributed by atoms with Crippen LogP contribution in [0.25, 0.3) is 0 Å². The molecule has 0 fully saturated rings. The van der Waals surface area contributed by atoms with Crippen LogP contribution in [-0.2, 0) is 6.54 Å². The Kier molecular flexibility index (Phi) is 5.95. The van der Waals surface area contributed by atoms with Gasteiger partial charge in [-0.15, -0.1) is 0 Å². The minimum atomic E-state index is 0.250. The van der Waals surface area contributed by atoms with Gasteiger partial charge in [0.2, 0.25) is 0 Å². The number of halogens is 1. The first kappa shape index (κ1) is 14.8. The molecule has 0 bridgehead atoms. The second kappa shape index (κ2) is 7.24. The van der Waals surface area contributed by atoms with Crippen molar-refractivity contribution in [3.05, 3.63) is 34.9 Å². The fourth-order valence-electron chi connectivity index (χ4n) is 1.95. The molecule has 0 saturated carbocycles. The van der Waals surface area contributed by atoms with Gasteiger partial charge < -0.3 is 10.9 Å². The molecule has 0 aliphatic heterocycles. The summed E-state index contributed by atoms with van der Waals surface area (Å²) in [6.45, 7) is 2.88. The first-order valence-corrected chi connectivity index (χ1v) is 6.35. The number of benzene rings is 1. The van der Waals surface area contributed by atoms with E-state index in [1.165, 1.54) is 0 Å².